The van der Waals surface area contributed by atoms with E-state index in [1.54, 1.807) is 6.07 Å². The minimum Gasteiger partial charge on any atom is -0.348 e. The van der Waals surface area contributed by atoms with Crippen molar-refractivity contribution >= 4 is 17.4 Å². The lowest BCUT2D eigenvalue weighted by atomic mass is 10.2. The standard InChI is InChI=1S/C18H20N4O/c23-18(21-14-6-2-3-7-14)15-11-17(20-12-19-15)22-10-9-13-5-1-4-8-16(13)22/h1,4-5,8,11-12,14H,2-3,6-7,9-10H2,(H,21,23). The highest BCUT2D eigenvalue weighted by atomic mass is 16.1. The van der Waals surface area contributed by atoms with Crippen molar-refractivity contribution in [2.24, 2.45) is 0 Å². The smallest absolute Gasteiger partial charge is 0.270 e. The van der Waals surface area contributed by atoms with Gasteiger partial charge in [0.05, 0.1) is 0 Å². The fraction of sp³-hybridized carbons (Fsp3) is 0.389. The lowest BCUT2D eigenvalue weighted by Crippen LogP contribution is -2.33. The average Bonchev–Trinajstić information content (AvgIpc) is 3.24. The molecule has 0 bridgehead atoms. The Morgan fingerprint density at radius 1 is 1.17 bits per heavy atom. The third-order valence-corrected chi connectivity index (χ3v) is 4.74. The lowest BCUT2D eigenvalue weighted by molar-refractivity contribution is 0.0932. The van der Waals surface area contributed by atoms with Crippen LogP contribution in [0, 0.1) is 0 Å². The van der Waals surface area contributed by atoms with E-state index in [1.807, 2.05) is 6.07 Å². The first-order valence-corrected chi connectivity index (χ1v) is 8.29. The van der Waals surface area contributed by atoms with Crippen LogP contribution in [0.2, 0.25) is 0 Å². The van der Waals surface area contributed by atoms with Crippen molar-refractivity contribution in [1.82, 2.24) is 15.3 Å². The van der Waals surface area contributed by atoms with Gasteiger partial charge in [-0.3, -0.25) is 4.79 Å². The number of hydrogen-bond donors (Lipinski definition) is 1. The van der Waals surface area contributed by atoms with Crippen molar-refractivity contribution in [3.63, 3.8) is 0 Å². The molecule has 0 spiro atoms. The summed E-state index contributed by atoms with van der Waals surface area (Å²) >= 11 is 0. The second-order valence-electron chi connectivity index (χ2n) is 6.25. The number of para-hydroxylation sites is 1. The molecule has 118 valence electrons. The maximum atomic E-state index is 12.4. The molecular weight excluding hydrogens is 288 g/mol. The molecular formula is C18H20N4O. The van der Waals surface area contributed by atoms with Crippen molar-refractivity contribution in [1.29, 1.82) is 0 Å². The predicted molar refractivity (Wildman–Crippen MR) is 88.9 cm³/mol. The minimum atomic E-state index is -0.0898. The normalized spacial score (nSPS) is 17.3. The van der Waals surface area contributed by atoms with Crippen LogP contribution in [0.5, 0.6) is 0 Å². The van der Waals surface area contributed by atoms with Crippen LogP contribution < -0.4 is 10.2 Å². The van der Waals surface area contributed by atoms with Crippen LogP contribution >= 0.6 is 0 Å². The van der Waals surface area contributed by atoms with Crippen LogP contribution in [-0.4, -0.2) is 28.5 Å². The first kappa shape index (κ1) is 14.2. The summed E-state index contributed by atoms with van der Waals surface area (Å²) in [5.41, 5.74) is 2.95. The molecule has 1 N–H and O–H groups in total. The summed E-state index contributed by atoms with van der Waals surface area (Å²) in [6.07, 6.45) is 7.03. The summed E-state index contributed by atoms with van der Waals surface area (Å²) < 4.78 is 0. The Bertz CT molecular complexity index is 724. The molecule has 1 aromatic carbocycles. The van der Waals surface area contributed by atoms with Crippen molar-refractivity contribution < 1.29 is 4.79 Å². The molecule has 5 nitrogen and oxygen atoms in total. The van der Waals surface area contributed by atoms with Crippen LogP contribution in [0.25, 0.3) is 0 Å². The average molecular weight is 308 g/mol. The fourth-order valence-electron chi connectivity index (χ4n) is 3.52. The van der Waals surface area contributed by atoms with Gasteiger partial charge in [0.25, 0.3) is 5.91 Å². The molecule has 23 heavy (non-hydrogen) atoms. The Morgan fingerprint density at radius 2 is 2.00 bits per heavy atom. The van der Waals surface area contributed by atoms with Crippen LogP contribution in [0.1, 0.15) is 41.7 Å². The Kier molecular flexibility index (Phi) is 3.69. The molecule has 1 fully saturated rings. The molecule has 4 rings (SSSR count). The number of carbonyl (C=O) groups excluding carboxylic acids is 1. The van der Waals surface area contributed by atoms with Gasteiger partial charge in [-0.15, -0.1) is 0 Å². The van der Waals surface area contributed by atoms with Gasteiger partial charge in [0, 0.05) is 24.3 Å². The third-order valence-electron chi connectivity index (χ3n) is 4.74. The van der Waals surface area contributed by atoms with Gasteiger partial charge in [-0.05, 0) is 30.9 Å². The SMILES string of the molecule is O=C(NC1CCCC1)c1cc(N2CCc3ccccc32)ncn1. The van der Waals surface area contributed by atoms with E-state index in [0.717, 1.165) is 31.6 Å². The van der Waals surface area contributed by atoms with Crippen molar-refractivity contribution in [3.8, 4) is 0 Å². The number of aromatic nitrogens is 2. The van der Waals surface area contributed by atoms with Gasteiger partial charge in [0.1, 0.15) is 17.8 Å². The Labute approximate surface area is 135 Å². The Morgan fingerprint density at radius 3 is 2.87 bits per heavy atom. The van der Waals surface area contributed by atoms with Crippen LogP contribution in [0.15, 0.2) is 36.7 Å². The first-order valence-electron chi connectivity index (χ1n) is 8.29. The van der Waals surface area contributed by atoms with Crippen molar-refractivity contribution in [2.45, 2.75) is 38.1 Å². The molecule has 1 amide bonds. The Balaban J connectivity index is 1.56. The quantitative estimate of drug-likeness (QED) is 0.947. The monoisotopic (exact) mass is 308 g/mol. The number of fused-ring (bicyclic) bond motifs is 1. The van der Waals surface area contributed by atoms with E-state index in [2.05, 4.69) is 38.4 Å². The molecule has 1 saturated carbocycles. The number of carbonyl (C=O) groups is 1. The predicted octanol–water partition coefficient (Wildman–Crippen LogP) is 2.84. The van der Waals surface area contributed by atoms with Gasteiger partial charge in [-0.25, -0.2) is 9.97 Å². The van der Waals surface area contributed by atoms with Crippen molar-refractivity contribution in [3.05, 3.63) is 47.9 Å². The third kappa shape index (κ3) is 2.79. The second kappa shape index (κ2) is 5.99. The number of rotatable bonds is 3. The van der Waals surface area contributed by atoms with Gasteiger partial charge in [-0.1, -0.05) is 31.0 Å². The molecule has 2 aromatic rings. The maximum absolute atomic E-state index is 12.4. The lowest BCUT2D eigenvalue weighted by Gasteiger charge is -2.18. The highest BCUT2D eigenvalue weighted by molar-refractivity contribution is 5.93. The number of nitrogens with zero attached hydrogens (tertiary/aromatic N) is 3. The number of benzene rings is 1. The second-order valence-corrected chi connectivity index (χ2v) is 6.25. The molecule has 0 unspecified atom stereocenters. The highest BCUT2D eigenvalue weighted by Crippen LogP contribution is 2.33. The van der Waals surface area contributed by atoms with E-state index in [0.29, 0.717) is 11.7 Å². The molecule has 0 saturated heterocycles. The van der Waals surface area contributed by atoms with Crippen LogP contribution in [-0.2, 0) is 6.42 Å². The molecule has 0 atom stereocenters. The highest BCUT2D eigenvalue weighted by Gasteiger charge is 2.23. The summed E-state index contributed by atoms with van der Waals surface area (Å²) in [6, 6.07) is 10.4. The topological polar surface area (TPSA) is 58.1 Å². The van der Waals surface area contributed by atoms with Gasteiger partial charge < -0.3 is 10.2 Å². The molecule has 2 aliphatic rings. The van der Waals surface area contributed by atoms with Gasteiger partial charge in [0.2, 0.25) is 0 Å². The van der Waals surface area contributed by atoms with E-state index in [9.17, 15) is 4.79 Å². The van der Waals surface area contributed by atoms with Gasteiger partial charge in [0.15, 0.2) is 0 Å². The number of nitrogens with one attached hydrogen (secondary N) is 1. The summed E-state index contributed by atoms with van der Waals surface area (Å²) in [5, 5.41) is 3.08. The van der Waals surface area contributed by atoms with Gasteiger partial charge >= 0.3 is 0 Å². The largest absolute Gasteiger partial charge is 0.348 e. The van der Waals surface area contributed by atoms with E-state index >= 15 is 0 Å². The zero-order valence-corrected chi connectivity index (χ0v) is 13.0. The minimum absolute atomic E-state index is 0.0898. The molecule has 1 aliphatic carbocycles. The van der Waals surface area contributed by atoms with E-state index in [4.69, 9.17) is 0 Å². The van der Waals surface area contributed by atoms with Crippen LogP contribution in [0.3, 0.4) is 0 Å². The molecule has 2 heterocycles. The zero-order valence-electron chi connectivity index (χ0n) is 13.0. The summed E-state index contributed by atoms with van der Waals surface area (Å²) in [6.45, 7) is 0.889. The van der Waals surface area contributed by atoms with Gasteiger partial charge in [-0.2, -0.15) is 0 Å². The Hall–Kier alpha value is -2.43. The van der Waals surface area contributed by atoms with Crippen molar-refractivity contribution in [2.75, 3.05) is 11.4 Å². The number of hydrogen-bond acceptors (Lipinski definition) is 4. The van der Waals surface area contributed by atoms with E-state index < -0.39 is 0 Å². The summed E-state index contributed by atoms with van der Waals surface area (Å²) in [5.74, 6) is 0.703. The van der Waals surface area contributed by atoms with Crippen LogP contribution in [0.4, 0.5) is 11.5 Å². The first-order chi connectivity index (χ1) is 11.3. The summed E-state index contributed by atoms with van der Waals surface area (Å²) in [7, 11) is 0. The molecule has 1 aliphatic heterocycles. The summed E-state index contributed by atoms with van der Waals surface area (Å²) in [4.78, 5) is 23.1. The molecule has 5 heteroatoms. The maximum Gasteiger partial charge on any atom is 0.270 e. The van der Waals surface area contributed by atoms with E-state index in [-0.39, 0.29) is 5.91 Å². The number of anilines is 2. The molecule has 1 aromatic heterocycles. The fourth-order valence-corrected chi connectivity index (χ4v) is 3.52. The van der Waals surface area contributed by atoms with E-state index in [1.165, 1.54) is 30.4 Å². The molecule has 0 radical (unpaired) electrons. The zero-order chi connectivity index (χ0) is 15.6. The number of amides is 1.